The third-order valence-corrected chi connectivity index (χ3v) is 18.3. The van der Waals surface area contributed by atoms with Crippen molar-refractivity contribution in [3.63, 3.8) is 0 Å². The molecule has 3 aromatic heterocycles. The second-order valence-electron chi connectivity index (χ2n) is 22.5. The first-order valence-corrected chi connectivity index (χ1v) is 28.8. The van der Waals surface area contributed by atoms with Crippen molar-refractivity contribution in [2.24, 2.45) is 0 Å². The highest BCUT2D eigenvalue weighted by Crippen LogP contribution is 2.64. The van der Waals surface area contributed by atoms with Crippen molar-refractivity contribution in [1.29, 1.82) is 0 Å². The van der Waals surface area contributed by atoms with Crippen LogP contribution in [0.2, 0.25) is 0 Å². The van der Waals surface area contributed by atoms with E-state index in [-0.39, 0.29) is 0 Å². The van der Waals surface area contributed by atoms with Crippen LogP contribution in [0.5, 0.6) is 0 Å². The molecular formula is C80H49N3. The number of fused-ring (bicyclic) bond motifs is 20. The zero-order valence-electron chi connectivity index (χ0n) is 45.1. The SMILES string of the molecule is c1ccc(-c2ccc3c(c2)c2cc(-c4ccc5c(c4)c4cc(-c6ccccc6)ccc4n5-c4ccc(-c5nc6ccccc6c6c7c(ccc56)C5(c6ccccc6-c6ccccc65)c5ccccc5-7)cc4)ccc2n3-c2ccccc2)cc1. The lowest BCUT2D eigenvalue weighted by Gasteiger charge is -2.30. The molecule has 2 aliphatic rings. The molecule has 0 N–H and O–H groups in total. The number of aromatic nitrogens is 3. The normalized spacial score (nSPS) is 12.9. The minimum Gasteiger partial charge on any atom is -0.309 e. The molecule has 3 heterocycles. The van der Waals surface area contributed by atoms with Gasteiger partial charge in [0.2, 0.25) is 0 Å². The predicted molar refractivity (Wildman–Crippen MR) is 346 cm³/mol. The number of rotatable bonds is 6. The number of benzene rings is 13. The van der Waals surface area contributed by atoms with Crippen LogP contribution in [0.4, 0.5) is 0 Å². The Hall–Kier alpha value is -10.9. The van der Waals surface area contributed by atoms with Gasteiger partial charge in [-0.15, -0.1) is 0 Å². The van der Waals surface area contributed by atoms with E-state index in [2.05, 4.69) is 306 Å². The fourth-order valence-electron chi connectivity index (χ4n) is 14.8. The monoisotopic (exact) mass is 1050 g/mol. The van der Waals surface area contributed by atoms with Crippen LogP contribution in [0.1, 0.15) is 22.3 Å². The summed E-state index contributed by atoms with van der Waals surface area (Å²) in [5, 5.41) is 8.45. The van der Waals surface area contributed by atoms with E-state index in [1.54, 1.807) is 0 Å². The number of pyridine rings is 1. The highest BCUT2D eigenvalue weighted by molar-refractivity contribution is 6.20. The summed E-state index contributed by atoms with van der Waals surface area (Å²) in [6, 6.07) is 110. The minimum absolute atomic E-state index is 0.435. The van der Waals surface area contributed by atoms with E-state index in [1.807, 2.05) is 0 Å². The summed E-state index contributed by atoms with van der Waals surface area (Å²) in [6.07, 6.45) is 0. The molecule has 0 unspecified atom stereocenters. The molecule has 0 radical (unpaired) electrons. The highest BCUT2D eigenvalue weighted by atomic mass is 15.0. The van der Waals surface area contributed by atoms with E-state index in [0.717, 1.165) is 44.6 Å². The summed E-state index contributed by atoms with van der Waals surface area (Å²) in [5.41, 5.74) is 27.3. The van der Waals surface area contributed by atoms with Crippen LogP contribution in [-0.4, -0.2) is 14.1 Å². The zero-order valence-corrected chi connectivity index (χ0v) is 45.1. The summed E-state index contributed by atoms with van der Waals surface area (Å²) in [5.74, 6) is 0. The molecule has 0 amide bonds. The Morgan fingerprint density at radius 2 is 0.651 bits per heavy atom. The molecule has 83 heavy (non-hydrogen) atoms. The van der Waals surface area contributed by atoms with Crippen molar-refractivity contribution < 1.29 is 0 Å². The number of nitrogens with zero attached hydrogens (tertiary/aromatic N) is 3. The van der Waals surface area contributed by atoms with Gasteiger partial charge in [-0.25, -0.2) is 4.98 Å². The first-order valence-electron chi connectivity index (χ1n) is 28.8. The van der Waals surface area contributed by atoms with Gasteiger partial charge in [0.05, 0.1) is 38.7 Å². The van der Waals surface area contributed by atoms with Crippen LogP contribution >= 0.6 is 0 Å². The Balaban J connectivity index is 0.803. The maximum atomic E-state index is 5.55. The van der Waals surface area contributed by atoms with Crippen LogP contribution in [0.3, 0.4) is 0 Å². The van der Waals surface area contributed by atoms with Gasteiger partial charge in [-0.05, 0) is 157 Å². The van der Waals surface area contributed by atoms with Gasteiger partial charge in [-0.1, -0.05) is 218 Å². The molecule has 2 aliphatic carbocycles. The molecular weight excluding hydrogens is 1000 g/mol. The van der Waals surface area contributed by atoms with Crippen LogP contribution < -0.4 is 0 Å². The van der Waals surface area contributed by atoms with E-state index >= 15 is 0 Å². The van der Waals surface area contributed by atoms with Gasteiger partial charge < -0.3 is 9.13 Å². The van der Waals surface area contributed by atoms with E-state index < -0.39 is 5.41 Å². The van der Waals surface area contributed by atoms with E-state index in [1.165, 1.54) is 121 Å². The fourth-order valence-corrected chi connectivity index (χ4v) is 14.8. The molecule has 0 fully saturated rings. The molecule has 0 saturated heterocycles. The molecule has 16 aromatic rings. The fraction of sp³-hybridized carbons (Fsp3) is 0.0125. The molecule has 3 heteroatoms. The lowest BCUT2D eigenvalue weighted by molar-refractivity contribution is 0.794. The van der Waals surface area contributed by atoms with Crippen molar-refractivity contribution >= 4 is 65.3 Å². The maximum Gasteiger partial charge on any atom is 0.0788 e. The molecule has 384 valence electrons. The number of para-hydroxylation sites is 2. The Bertz CT molecular complexity index is 5310. The predicted octanol–water partition coefficient (Wildman–Crippen LogP) is 20.6. The quantitative estimate of drug-likeness (QED) is 0.152. The summed E-state index contributed by atoms with van der Waals surface area (Å²) in [6.45, 7) is 0. The second-order valence-corrected chi connectivity index (χ2v) is 22.5. The van der Waals surface area contributed by atoms with E-state index in [0.29, 0.717) is 0 Å². The zero-order chi connectivity index (χ0) is 54.3. The molecule has 0 bridgehead atoms. The Kier molecular flexibility index (Phi) is 9.72. The van der Waals surface area contributed by atoms with Crippen LogP contribution in [0, 0.1) is 0 Å². The second kappa shape index (κ2) is 17.6. The lowest BCUT2D eigenvalue weighted by atomic mass is 9.70. The van der Waals surface area contributed by atoms with Gasteiger partial charge in [0.1, 0.15) is 0 Å². The summed E-state index contributed by atoms with van der Waals surface area (Å²) in [7, 11) is 0. The summed E-state index contributed by atoms with van der Waals surface area (Å²) < 4.78 is 4.85. The van der Waals surface area contributed by atoms with Crippen LogP contribution in [0.15, 0.2) is 297 Å². The number of hydrogen-bond donors (Lipinski definition) is 0. The number of hydrogen-bond acceptors (Lipinski definition) is 1. The van der Waals surface area contributed by atoms with Gasteiger partial charge in [-0.2, -0.15) is 0 Å². The molecule has 18 rings (SSSR count). The highest BCUT2D eigenvalue weighted by Gasteiger charge is 2.52. The standard InChI is InChI=1S/C80H49N3/c1-4-18-50(19-5-1)53-34-42-73-64(46-53)66-48-55(36-44-74(66)82(73)57-22-8-3-9-23-57)56-37-45-76-67(49-56)65-47-54(51-20-6-2-7-21-51)35-43-75(65)83(76)58-38-32-52(33-39-58)79-63-40-41-71-78(77(63)62-27-13-17-31-72(62)81-79)61-26-12-16-30-70(61)80(71)68-28-14-10-24-59(68)60-25-11-15-29-69(60)80/h1-49H. The maximum absolute atomic E-state index is 5.55. The molecule has 0 aliphatic heterocycles. The van der Waals surface area contributed by atoms with Crippen molar-refractivity contribution in [1.82, 2.24) is 14.1 Å². The minimum atomic E-state index is -0.435. The van der Waals surface area contributed by atoms with Crippen molar-refractivity contribution in [2.45, 2.75) is 5.41 Å². The summed E-state index contributed by atoms with van der Waals surface area (Å²) in [4.78, 5) is 5.55. The first-order chi connectivity index (χ1) is 41.2. The third kappa shape index (κ3) is 6.53. The first kappa shape index (κ1) is 45.9. The van der Waals surface area contributed by atoms with Crippen molar-refractivity contribution in [2.75, 3.05) is 0 Å². The molecule has 0 atom stereocenters. The smallest absolute Gasteiger partial charge is 0.0788 e. The average Bonchev–Trinajstić information content (AvgIpc) is 1.58. The Morgan fingerprint density at radius 1 is 0.253 bits per heavy atom. The van der Waals surface area contributed by atoms with E-state index in [4.69, 9.17) is 4.98 Å². The Labute approximate surface area is 479 Å². The topological polar surface area (TPSA) is 22.8 Å². The van der Waals surface area contributed by atoms with Crippen LogP contribution in [-0.2, 0) is 5.41 Å². The van der Waals surface area contributed by atoms with Crippen molar-refractivity contribution in [3.05, 3.63) is 320 Å². The van der Waals surface area contributed by atoms with Crippen LogP contribution in [0.25, 0.3) is 144 Å². The van der Waals surface area contributed by atoms with Gasteiger partial charge in [0.25, 0.3) is 0 Å². The lowest BCUT2D eigenvalue weighted by Crippen LogP contribution is -2.25. The largest absolute Gasteiger partial charge is 0.309 e. The van der Waals surface area contributed by atoms with Gasteiger partial charge in [0.15, 0.2) is 0 Å². The molecule has 3 nitrogen and oxygen atoms in total. The third-order valence-electron chi connectivity index (χ3n) is 18.3. The van der Waals surface area contributed by atoms with E-state index in [9.17, 15) is 0 Å². The van der Waals surface area contributed by atoms with Gasteiger partial charge in [-0.3, -0.25) is 0 Å². The summed E-state index contributed by atoms with van der Waals surface area (Å²) >= 11 is 0. The van der Waals surface area contributed by atoms with Crippen molar-refractivity contribution in [3.8, 4) is 78.3 Å². The van der Waals surface area contributed by atoms with Gasteiger partial charge in [0, 0.05) is 54.6 Å². The molecule has 0 saturated carbocycles. The van der Waals surface area contributed by atoms with Gasteiger partial charge >= 0.3 is 0 Å². The molecule has 13 aromatic carbocycles. The molecule has 1 spiro atoms. The average molecular weight is 1050 g/mol. The Morgan fingerprint density at radius 3 is 1.17 bits per heavy atom.